The minimum atomic E-state index is -0.886. The number of ether oxygens (including phenoxy) is 1. The number of hydrogen-bond acceptors (Lipinski definition) is 7. The van der Waals surface area contributed by atoms with Crippen LogP contribution in [0.25, 0.3) is 11.2 Å². The number of aromatic amines is 1. The molecule has 3 N–H and O–H groups in total. The highest BCUT2D eigenvalue weighted by Gasteiger charge is 2.19. The molecule has 0 spiro atoms. The van der Waals surface area contributed by atoms with Crippen molar-refractivity contribution in [3.8, 4) is 0 Å². The predicted octanol–water partition coefficient (Wildman–Crippen LogP) is 0.192. The van der Waals surface area contributed by atoms with Crippen LogP contribution in [0, 0.1) is 0 Å². The standard InChI is InChI=1S/C17H21N5O5/c1-3-6-26-10-11(23)9-22-13-14(21(2)17(25)20-15(13)24)19-16(22)18-8-12-5-4-7-27-12/h3-5,7,11,23H,1,6,8-10H2,2H3,(H,18,19)(H,20,24,25)/t11-/m1/s1. The van der Waals surface area contributed by atoms with Gasteiger partial charge in [-0.25, -0.2) is 4.79 Å². The van der Waals surface area contributed by atoms with Gasteiger partial charge in [0.25, 0.3) is 5.56 Å². The van der Waals surface area contributed by atoms with Crippen LogP contribution in [0.2, 0.25) is 0 Å². The zero-order valence-electron chi connectivity index (χ0n) is 14.8. The van der Waals surface area contributed by atoms with Crippen molar-refractivity contribution in [3.05, 3.63) is 57.6 Å². The summed E-state index contributed by atoms with van der Waals surface area (Å²) in [5.41, 5.74) is -0.748. The molecule has 0 aliphatic carbocycles. The number of rotatable bonds is 9. The van der Waals surface area contributed by atoms with E-state index in [2.05, 4.69) is 21.9 Å². The lowest BCUT2D eigenvalue weighted by Crippen LogP contribution is -2.30. The third-order valence-electron chi connectivity index (χ3n) is 3.95. The van der Waals surface area contributed by atoms with Gasteiger partial charge in [-0.05, 0) is 12.1 Å². The van der Waals surface area contributed by atoms with Gasteiger partial charge in [0.05, 0.1) is 38.7 Å². The highest BCUT2D eigenvalue weighted by molar-refractivity contribution is 5.74. The van der Waals surface area contributed by atoms with E-state index >= 15 is 0 Å². The van der Waals surface area contributed by atoms with Crippen LogP contribution >= 0.6 is 0 Å². The molecule has 0 saturated heterocycles. The lowest BCUT2D eigenvalue weighted by Gasteiger charge is -2.14. The molecule has 10 nitrogen and oxygen atoms in total. The van der Waals surface area contributed by atoms with E-state index in [9.17, 15) is 14.7 Å². The Labute approximate surface area is 153 Å². The Hall–Kier alpha value is -3.11. The SMILES string of the molecule is C=CCOC[C@H](O)Cn1c(NCc2ccco2)nc2c1c(=O)[nH]c(=O)n2C. The van der Waals surface area contributed by atoms with Crippen LogP contribution in [0.3, 0.4) is 0 Å². The van der Waals surface area contributed by atoms with Crippen LogP contribution in [-0.2, 0) is 24.9 Å². The number of aromatic nitrogens is 4. The smallest absolute Gasteiger partial charge is 0.329 e. The van der Waals surface area contributed by atoms with Crippen molar-refractivity contribution < 1.29 is 14.3 Å². The van der Waals surface area contributed by atoms with Crippen LogP contribution in [0.1, 0.15) is 5.76 Å². The van der Waals surface area contributed by atoms with Gasteiger partial charge in [0, 0.05) is 7.05 Å². The Morgan fingerprint density at radius 3 is 3.04 bits per heavy atom. The van der Waals surface area contributed by atoms with Crippen molar-refractivity contribution in [2.24, 2.45) is 7.05 Å². The molecule has 0 radical (unpaired) electrons. The molecule has 0 bridgehead atoms. The molecule has 3 heterocycles. The molecule has 0 aliphatic heterocycles. The predicted molar refractivity (Wildman–Crippen MR) is 98.7 cm³/mol. The molecule has 0 amide bonds. The highest BCUT2D eigenvalue weighted by atomic mass is 16.5. The number of nitrogens with one attached hydrogen (secondary N) is 2. The zero-order valence-corrected chi connectivity index (χ0v) is 14.8. The monoisotopic (exact) mass is 375 g/mol. The summed E-state index contributed by atoms with van der Waals surface area (Å²) < 4.78 is 13.3. The fourth-order valence-corrected chi connectivity index (χ4v) is 2.68. The molecule has 0 aliphatic rings. The summed E-state index contributed by atoms with van der Waals surface area (Å²) in [6, 6.07) is 3.55. The Balaban J connectivity index is 1.97. The number of hydrogen-bond donors (Lipinski definition) is 3. The maximum absolute atomic E-state index is 12.4. The molecule has 0 unspecified atom stereocenters. The van der Waals surface area contributed by atoms with Crippen LogP contribution < -0.4 is 16.6 Å². The minimum absolute atomic E-state index is 0.0510. The fraction of sp³-hybridized carbons (Fsp3) is 0.353. The first-order chi connectivity index (χ1) is 13.0. The van der Waals surface area contributed by atoms with Gasteiger partial charge in [-0.2, -0.15) is 4.98 Å². The van der Waals surface area contributed by atoms with Crippen molar-refractivity contribution in [2.75, 3.05) is 18.5 Å². The van der Waals surface area contributed by atoms with Gasteiger partial charge in [0.2, 0.25) is 5.95 Å². The average Bonchev–Trinajstić information content (AvgIpc) is 3.26. The van der Waals surface area contributed by atoms with Crippen LogP contribution in [0.4, 0.5) is 5.95 Å². The molecule has 0 aromatic carbocycles. The summed E-state index contributed by atoms with van der Waals surface area (Å²) in [6.45, 7) is 4.29. The molecule has 3 aromatic rings. The van der Waals surface area contributed by atoms with E-state index in [4.69, 9.17) is 9.15 Å². The van der Waals surface area contributed by atoms with Crippen molar-refractivity contribution in [2.45, 2.75) is 19.2 Å². The van der Waals surface area contributed by atoms with Crippen LogP contribution in [0.15, 0.2) is 45.1 Å². The Kier molecular flexibility index (Phi) is 5.57. The summed E-state index contributed by atoms with van der Waals surface area (Å²) in [5.74, 6) is 1.00. The Bertz CT molecular complexity index is 1030. The Morgan fingerprint density at radius 2 is 2.33 bits per heavy atom. The molecule has 0 saturated carbocycles. The lowest BCUT2D eigenvalue weighted by atomic mass is 10.3. The fourth-order valence-electron chi connectivity index (χ4n) is 2.68. The second-order valence-electron chi connectivity index (χ2n) is 5.95. The number of aliphatic hydroxyl groups excluding tert-OH is 1. The number of fused-ring (bicyclic) bond motifs is 1. The third kappa shape index (κ3) is 4.01. The third-order valence-corrected chi connectivity index (χ3v) is 3.95. The van der Waals surface area contributed by atoms with Crippen molar-refractivity contribution in [1.82, 2.24) is 19.1 Å². The maximum Gasteiger partial charge on any atom is 0.329 e. The first kappa shape index (κ1) is 18.7. The Morgan fingerprint density at radius 1 is 1.52 bits per heavy atom. The van der Waals surface area contributed by atoms with E-state index in [0.29, 0.717) is 24.9 Å². The number of imidazole rings is 1. The van der Waals surface area contributed by atoms with Crippen molar-refractivity contribution in [1.29, 1.82) is 0 Å². The number of nitrogens with zero attached hydrogens (tertiary/aromatic N) is 3. The van der Waals surface area contributed by atoms with E-state index in [1.807, 2.05) is 0 Å². The van der Waals surface area contributed by atoms with Gasteiger partial charge in [-0.1, -0.05) is 6.08 Å². The molecule has 27 heavy (non-hydrogen) atoms. The highest BCUT2D eigenvalue weighted by Crippen LogP contribution is 2.17. The molecular weight excluding hydrogens is 354 g/mol. The summed E-state index contributed by atoms with van der Waals surface area (Å²) in [4.78, 5) is 30.8. The van der Waals surface area contributed by atoms with Gasteiger partial charge in [-0.3, -0.25) is 14.3 Å². The summed E-state index contributed by atoms with van der Waals surface area (Å²) in [7, 11) is 1.51. The summed E-state index contributed by atoms with van der Waals surface area (Å²) >= 11 is 0. The van der Waals surface area contributed by atoms with E-state index in [-0.39, 0.29) is 24.3 Å². The van der Waals surface area contributed by atoms with Gasteiger partial charge < -0.3 is 24.1 Å². The second kappa shape index (κ2) is 8.06. The van der Waals surface area contributed by atoms with Crippen LogP contribution in [-0.4, -0.2) is 43.5 Å². The zero-order chi connectivity index (χ0) is 19.4. The molecule has 0 fully saturated rings. The molecule has 10 heteroatoms. The van der Waals surface area contributed by atoms with Gasteiger partial charge in [0.1, 0.15) is 5.76 Å². The van der Waals surface area contributed by atoms with Gasteiger partial charge >= 0.3 is 5.69 Å². The molecule has 3 rings (SSSR count). The number of furan rings is 1. The van der Waals surface area contributed by atoms with Crippen LogP contribution in [0.5, 0.6) is 0 Å². The topological polar surface area (TPSA) is 127 Å². The summed E-state index contributed by atoms with van der Waals surface area (Å²) in [5, 5.41) is 13.3. The maximum atomic E-state index is 12.4. The second-order valence-corrected chi connectivity index (χ2v) is 5.95. The van der Waals surface area contributed by atoms with Crippen molar-refractivity contribution >= 4 is 17.1 Å². The minimum Gasteiger partial charge on any atom is -0.467 e. The lowest BCUT2D eigenvalue weighted by molar-refractivity contribution is 0.0405. The molecule has 3 aromatic heterocycles. The number of H-pyrrole nitrogens is 1. The largest absolute Gasteiger partial charge is 0.467 e. The average molecular weight is 375 g/mol. The molecule has 1 atom stereocenters. The number of aliphatic hydroxyl groups is 1. The van der Waals surface area contributed by atoms with Gasteiger partial charge in [0.15, 0.2) is 11.2 Å². The molecular formula is C17H21N5O5. The van der Waals surface area contributed by atoms with E-state index in [0.717, 1.165) is 0 Å². The van der Waals surface area contributed by atoms with E-state index in [1.165, 1.54) is 16.2 Å². The van der Waals surface area contributed by atoms with Crippen molar-refractivity contribution in [3.63, 3.8) is 0 Å². The first-order valence-electron chi connectivity index (χ1n) is 8.33. The quantitative estimate of drug-likeness (QED) is 0.360. The number of aryl methyl sites for hydroxylation is 1. The summed E-state index contributed by atoms with van der Waals surface area (Å²) in [6.07, 6.45) is 2.24. The molecule has 144 valence electrons. The number of anilines is 1. The van der Waals surface area contributed by atoms with E-state index < -0.39 is 17.4 Å². The van der Waals surface area contributed by atoms with Gasteiger partial charge in [-0.15, -0.1) is 6.58 Å². The first-order valence-corrected chi connectivity index (χ1v) is 8.33. The van der Waals surface area contributed by atoms with E-state index in [1.54, 1.807) is 24.5 Å². The normalized spacial score (nSPS) is 12.4.